The Morgan fingerprint density at radius 3 is 2.32 bits per heavy atom. The van der Waals surface area contributed by atoms with Crippen LogP contribution in [-0.2, 0) is 30.8 Å². The highest BCUT2D eigenvalue weighted by Crippen LogP contribution is 2.34. The molecule has 0 amide bonds. The zero-order valence-corrected chi connectivity index (χ0v) is 21.2. The van der Waals surface area contributed by atoms with Crippen LogP contribution in [0.5, 0.6) is 0 Å². The molecular formula is C27H29FN4O4S. The highest BCUT2D eigenvalue weighted by atomic mass is 32.2. The van der Waals surface area contributed by atoms with E-state index < -0.39 is 33.4 Å². The van der Waals surface area contributed by atoms with Crippen LogP contribution in [-0.4, -0.2) is 51.8 Å². The predicted molar refractivity (Wildman–Crippen MR) is 138 cm³/mol. The van der Waals surface area contributed by atoms with Crippen molar-refractivity contribution in [3.05, 3.63) is 102 Å². The van der Waals surface area contributed by atoms with Gasteiger partial charge in [-0.1, -0.05) is 49.4 Å². The number of pyridine rings is 1. The van der Waals surface area contributed by atoms with Gasteiger partial charge in [0, 0.05) is 30.6 Å². The van der Waals surface area contributed by atoms with Gasteiger partial charge in [-0.3, -0.25) is 15.3 Å². The van der Waals surface area contributed by atoms with Crippen LogP contribution in [0.4, 0.5) is 4.39 Å². The molecule has 2 aliphatic heterocycles. The van der Waals surface area contributed by atoms with Crippen LogP contribution < -0.4 is 10.0 Å². The molecule has 0 spiro atoms. The summed E-state index contributed by atoms with van der Waals surface area (Å²) in [4.78, 5) is 8.76. The molecule has 8 nitrogen and oxygen atoms in total. The highest BCUT2D eigenvalue weighted by Gasteiger charge is 2.44. The van der Waals surface area contributed by atoms with Gasteiger partial charge in [0.1, 0.15) is 11.4 Å². The maximum absolute atomic E-state index is 13.6. The molecule has 2 aromatic carbocycles. The number of hydrogen-bond donors (Lipinski definition) is 2. The van der Waals surface area contributed by atoms with E-state index in [4.69, 9.17) is 9.47 Å². The first-order valence-corrected chi connectivity index (χ1v) is 13.7. The van der Waals surface area contributed by atoms with Crippen LogP contribution in [0.2, 0.25) is 0 Å². The molecule has 1 fully saturated rings. The zero-order valence-electron chi connectivity index (χ0n) is 20.4. The third-order valence-electron chi connectivity index (χ3n) is 6.61. The minimum atomic E-state index is -3.51. The van der Waals surface area contributed by atoms with Crippen molar-refractivity contribution < 1.29 is 22.3 Å². The normalized spacial score (nSPS) is 27.8. The minimum absolute atomic E-state index is 0.0879. The van der Waals surface area contributed by atoms with Crippen molar-refractivity contribution in [1.29, 1.82) is 0 Å². The number of rotatable bonds is 8. The lowest BCUT2D eigenvalue weighted by molar-refractivity contribution is -0.234. The summed E-state index contributed by atoms with van der Waals surface area (Å²) >= 11 is 0. The number of halogens is 1. The Morgan fingerprint density at radius 2 is 1.65 bits per heavy atom. The van der Waals surface area contributed by atoms with E-state index in [0.29, 0.717) is 0 Å². The Labute approximate surface area is 216 Å². The Bertz CT molecular complexity index is 1330. The standard InChI is InChI=1S/C27H29FN4O4S/c1-26(16-31-37(33,34)15-20-5-3-2-4-6-20)18-35-25(36-19-26)24-30-17-27(32-24,22-11-13-29-14-12-22)21-7-9-23(28)10-8-21/h2-14,17,24-25,31-32H,15-16,18-19H2,1H3. The summed E-state index contributed by atoms with van der Waals surface area (Å²) in [5, 5.41) is 3.50. The summed E-state index contributed by atoms with van der Waals surface area (Å²) in [7, 11) is -3.51. The Morgan fingerprint density at radius 1 is 1.00 bits per heavy atom. The summed E-state index contributed by atoms with van der Waals surface area (Å²) < 4.78 is 53.6. The van der Waals surface area contributed by atoms with E-state index in [9.17, 15) is 12.8 Å². The first-order chi connectivity index (χ1) is 17.8. The third-order valence-corrected chi connectivity index (χ3v) is 7.91. The van der Waals surface area contributed by atoms with E-state index in [1.54, 1.807) is 42.9 Å². The largest absolute Gasteiger partial charge is 0.348 e. The molecule has 0 aliphatic carbocycles. The molecule has 37 heavy (non-hydrogen) atoms. The van der Waals surface area contributed by atoms with Crippen LogP contribution in [0.3, 0.4) is 0 Å². The predicted octanol–water partition coefficient (Wildman–Crippen LogP) is 2.96. The van der Waals surface area contributed by atoms with Crippen LogP contribution in [0.1, 0.15) is 23.6 Å². The molecule has 194 valence electrons. The highest BCUT2D eigenvalue weighted by molar-refractivity contribution is 7.88. The van der Waals surface area contributed by atoms with Gasteiger partial charge in [0.15, 0.2) is 12.5 Å². The van der Waals surface area contributed by atoms with Crippen molar-refractivity contribution in [3.8, 4) is 0 Å². The minimum Gasteiger partial charge on any atom is -0.348 e. The first kappa shape index (κ1) is 25.6. The number of aliphatic imine (C=N–C) groups is 1. The van der Waals surface area contributed by atoms with Crippen molar-refractivity contribution in [2.75, 3.05) is 19.8 Å². The van der Waals surface area contributed by atoms with Crippen molar-refractivity contribution in [2.45, 2.75) is 30.7 Å². The maximum atomic E-state index is 13.6. The van der Waals surface area contributed by atoms with Crippen LogP contribution in [0, 0.1) is 11.2 Å². The molecule has 10 heteroatoms. The number of hydrogen-bond acceptors (Lipinski definition) is 7. The van der Waals surface area contributed by atoms with E-state index in [2.05, 4.69) is 20.0 Å². The summed E-state index contributed by atoms with van der Waals surface area (Å²) in [5.74, 6) is -0.409. The molecule has 0 radical (unpaired) electrons. The summed E-state index contributed by atoms with van der Waals surface area (Å²) in [5.41, 5.74) is 1.10. The lowest BCUT2D eigenvalue weighted by Gasteiger charge is -2.39. The molecule has 0 saturated carbocycles. The van der Waals surface area contributed by atoms with Gasteiger partial charge in [-0.05, 0) is 41.0 Å². The van der Waals surface area contributed by atoms with E-state index in [0.717, 1.165) is 16.7 Å². The molecule has 2 aliphatic rings. The maximum Gasteiger partial charge on any atom is 0.215 e. The van der Waals surface area contributed by atoms with Gasteiger partial charge in [0.05, 0.1) is 19.0 Å². The third kappa shape index (κ3) is 5.78. The lowest BCUT2D eigenvalue weighted by Crippen LogP contribution is -2.54. The molecule has 3 heterocycles. The van der Waals surface area contributed by atoms with Crippen LogP contribution >= 0.6 is 0 Å². The molecular weight excluding hydrogens is 495 g/mol. The van der Waals surface area contributed by atoms with Crippen molar-refractivity contribution >= 4 is 16.2 Å². The molecule has 2 N–H and O–H groups in total. The summed E-state index contributed by atoms with van der Waals surface area (Å²) in [6.45, 7) is 2.68. The zero-order chi connectivity index (χ0) is 25.9. The average molecular weight is 525 g/mol. The summed E-state index contributed by atoms with van der Waals surface area (Å²) in [6.07, 6.45) is 3.99. The first-order valence-electron chi connectivity index (χ1n) is 12.0. The second-order valence-corrected chi connectivity index (χ2v) is 11.6. The quantitative estimate of drug-likeness (QED) is 0.470. The van der Waals surface area contributed by atoms with Gasteiger partial charge in [0.2, 0.25) is 10.0 Å². The number of aromatic nitrogens is 1. The van der Waals surface area contributed by atoms with Crippen LogP contribution in [0.15, 0.2) is 84.1 Å². The number of nitrogens with one attached hydrogen (secondary N) is 2. The van der Waals surface area contributed by atoms with Crippen molar-refractivity contribution in [2.24, 2.45) is 10.4 Å². The van der Waals surface area contributed by atoms with E-state index in [-0.39, 0.29) is 31.3 Å². The number of sulfonamides is 1. The van der Waals surface area contributed by atoms with Gasteiger partial charge in [-0.2, -0.15) is 0 Å². The Hall–Kier alpha value is -3.02. The summed E-state index contributed by atoms with van der Waals surface area (Å²) in [6, 6.07) is 19.1. The number of nitrogens with zero attached hydrogens (tertiary/aromatic N) is 2. The van der Waals surface area contributed by atoms with Crippen LogP contribution in [0.25, 0.3) is 0 Å². The molecule has 3 aromatic rings. The van der Waals surface area contributed by atoms with E-state index >= 15 is 0 Å². The topological polar surface area (TPSA) is 102 Å². The molecule has 2 unspecified atom stereocenters. The van der Waals surface area contributed by atoms with Gasteiger partial charge in [-0.15, -0.1) is 0 Å². The Kier molecular flexibility index (Phi) is 7.19. The average Bonchev–Trinajstić information content (AvgIpc) is 3.36. The fraction of sp³-hybridized carbons (Fsp3) is 0.333. The fourth-order valence-corrected chi connectivity index (χ4v) is 5.82. The number of benzene rings is 2. The lowest BCUT2D eigenvalue weighted by atomic mass is 9.84. The van der Waals surface area contributed by atoms with Crippen molar-refractivity contribution in [3.63, 3.8) is 0 Å². The van der Waals surface area contributed by atoms with Gasteiger partial charge < -0.3 is 9.47 Å². The van der Waals surface area contributed by atoms with Gasteiger partial charge in [0.25, 0.3) is 0 Å². The second-order valence-electron chi connectivity index (χ2n) is 9.78. The molecule has 0 bridgehead atoms. The van der Waals surface area contributed by atoms with E-state index in [1.807, 2.05) is 37.3 Å². The monoisotopic (exact) mass is 524 g/mol. The fourth-order valence-electron chi connectivity index (χ4n) is 4.52. The smallest absolute Gasteiger partial charge is 0.215 e. The molecule has 2 atom stereocenters. The molecule has 1 aromatic heterocycles. The van der Waals surface area contributed by atoms with E-state index in [1.165, 1.54) is 12.1 Å². The SMILES string of the molecule is CC1(CNS(=O)(=O)Cc2ccccc2)COC(C2N=CC(c3ccncc3)(c3ccc(F)cc3)N2)OC1. The number of ether oxygens (including phenoxy) is 2. The van der Waals surface area contributed by atoms with Crippen molar-refractivity contribution in [1.82, 2.24) is 15.0 Å². The molecule has 5 rings (SSSR count). The Balaban J connectivity index is 1.23. The van der Waals surface area contributed by atoms with Gasteiger partial charge >= 0.3 is 0 Å². The second kappa shape index (κ2) is 10.4. The molecule has 1 saturated heterocycles. The van der Waals surface area contributed by atoms with Gasteiger partial charge in [-0.25, -0.2) is 17.5 Å².